The first-order chi connectivity index (χ1) is 8.43. The Hall–Kier alpha value is -2.15. The number of methoxy groups -OCH3 is 1. The normalized spacial score (nSPS) is 9.67. The molecule has 0 atom stereocenters. The molecule has 1 rings (SSSR count). The van der Waals surface area contributed by atoms with Crippen molar-refractivity contribution in [2.75, 3.05) is 12.4 Å². The zero-order valence-corrected chi connectivity index (χ0v) is 10.2. The molecule has 8 heteroatoms. The summed E-state index contributed by atoms with van der Waals surface area (Å²) in [6.07, 6.45) is -0.497. The number of hydrogen-bond acceptors (Lipinski definition) is 5. The minimum Gasteiger partial charge on any atom is -0.469 e. The Bertz CT molecular complexity index is 504. The molecule has 2 amide bonds. The Labute approximate surface area is 107 Å². The van der Waals surface area contributed by atoms with Crippen LogP contribution in [0.4, 0.5) is 5.82 Å². The Morgan fingerprint density at radius 2 is 2.11 bits per heavy atom. The molecule has 0 aromatic carbocycles. The van der Waals surface area contributed by atoms with Crippen molar-refractivity contribution in [2.45, 2.75) is 6.42 Å². The Kier molecular flexibility index (Phi) is 4.61. The largest absolute Gasteiger partial charge is 0.469 e. The molecular formula is C10H10ClN3O4. The smallest absolute Gasteiger partial charge is 0.315 e. The zero-order valence-electron chi connectivity index (χ0n) is 9.40. The number of aromatic nitrogens is 1. The zero-order chi connectivity index (χ0) is 13.7. The number of nitrogens with one attached hydrogen (secondary N) is 1. The van der Waals surface area contributed by atoms with Crippen molar-refractivity contribution in [3.63, 3.8) is 0 Å². The van der Waals surface area contributed by atoms with Crippen LogP contribution in [-0.4, -0.2) is 29.9 Å². The lowest BCUT2D eigenvalue weighted by Crippen LogP contribution is -2.21. The summed E-state index contributed by atoms with van der Waals surface area (Å²) in [7, 11) is 1.15. The van der Waals surface area contributed by atoms with Gasteiger partial charge in [0.1, 0.15) is 17.4 Å². The summed E-state index contributed by atoms with van der Waals surface area (Å²) in [4.78, 5) is 37.1. The molecule has 0 aliphatic carbocycles. The molecule has 0 aliphatic rings. The van der Waals surface area contributed by atoms with E-state index in [2.05, 4.69) is 15.0 Å². The fourth-order valence-corrected chi connectivity index (χ4v) is 1.26. The number of hydrogen-bond donors (Lipinski definition) is 2. The van der Waals surface area contributed by atoms with E-state index in [-0.39, 0.29) is 16.5 Å². The molecule has 0 saturated heterocycles. The van der Waals surface area contributed by atoms with E-state index in [1.807, 2.05) is 0 Å². The third-order valence-electron chi connectivity index (χ3n) is 1.92. The number of rotatable bonds is 4. The summed E-state index contributed by atoms with van der Waals surface area (Å²) < 4.78 is 4.32. The molecule has 0 radical (unpaired) electrons. The number of nitrogens with two attached hydrogens (primary N) is 1. The maximum atomic E-state index is 11.4. The van der Waals surface area contributed by atoms with E-state index in [9.17, 15) is 14.4 Å². The second-order valence-electron chi connectivity index (χ2n) is 3.20. The van der Waals surface area contributed by atoms with E-state index < -0.39 is 24.2 Å². The molecule has 1 heterocycles. The van der Waals surface area contributed by atoms with Crippen molar-refractivity contribution in [1.82, 2.24) is 4.98 Å². The topological polar surface area (TPSA) is 111 Å². The number of halogens is 1. The first-order valence-corrected chi connectivity index (χ1v) is 5.15. The van der Waals surface area contributed by atoms with Crippen LogP contribution in [0.3, 0.4) is 0 Å². The lowest BCUT2D eigenvalue weighted by molar-refractivity contribution is -0.142. The highest BCUT2D eigenvalue weighted by molar-refractivity contribution is 6.29. The number of anilines is 1. The minimum atomic E-state index is -0.771. The number of primary amides is 1. The van der Waals surface area contributed by atoms with Gasteiger partial charge in [0.15, 0.2) is 0 Å². The van der Waals surface area contributed by atoms with Crippen LogP contribution in [0.25, 0.3) is 0 Å². The average molecular weight is 272 g/mol. The van der Waals surface area contributed by atoms with Crippen LogP contribution in [0.15, 0.2) is 12.1 Å². The molecule has 1 aromatic heterocycles. The molecule has 0 spiro atoms. The summed E-state index contributed by atoms with van der Waals surface area (Å²) in [6, 6.07) is 2.68. The van der Waals surface area contributed by atoms with E-state index in [1.165, 1.54) is 12.1 Å². The highest BCUT2D eigenvalue weighted by Gasteiger charge is 2.15. The highest BCUT2D eigenvalue weighted by Crippen LogP contribution is 2.16. The molecule has 0 saturated carbocycles. The summed E-state index contributed by atoms with van der Waals surface area (Å²) >= 11 is 5.63. The number of nitrogens with zero attached hydrogens (tertiary/aromatic N) is 1. The second-order valence-corrected chi connectivity index (χ2v) is 3.58. The van der Waals surface area contributed by atoms with Gasteiger partial charge in [0.2, 0.25) is 5.91 Å². The lowest BCUT2D eigenvalue weighted by atomic mass is 10.2. The summed E-state index contributed by atoms with van der Waals surface area (Å²) in [6.45, 7) is 0. The first kappa shape index (κ1) is 13.9. The fourth-order valence-electron chi connectivity index (χ4n) is 1.11. The lowest BCUT2D eigenvalue weighted by Gasteiger charge is -2.07. The third kappa shape index (κ3) is 3.70. The van der Waals surface area contributed by atoms with Gasteiger partial charge >= 0.3 is 5.97 Å². The van der Waals surface area contributed by atoms with Gasteiger partial charge in [-0.2, -0.15) is 0 Å². The van der Waals surface area contributed by atoms with Crippen molar-refractivity contribution in [3.8, 4) is 0 Å². The molecule has 96 valence electrons. The Balaban J connectivity index is 2.89. The van der Waals surface area contributed by atoms with Gasteiger partial charge < -0.3 is 15.8 Å². The fraction of sp³-hybridized carbons (Fsp3) is 0.200. The number of amides is 2. The van der Waals surface area contributed by atoms with E-state index in [4.69, 9.17) is 17.3 Å². The molecule has 0 aliphatic heterocycles. The molecule has 0 unspecified atom stereocenters. The predicted octanol–water partition coefficient (Wildman–Crippen LogP) is 0.336. The average Bonchev–Trinajstić information content (AvgIpc) is 2.28. The van der Waals surface area contributed by atoms with Gasteiger partial charge in [-0.3, -0.25) is 14.4 Å². The van der Waals surface area contributed by atoms with Gasteiger partial charge in [-0.1, -0.05) is 11.6 Å². The number of carbonyl (C=O) groups excluding carboxylic acids is 3. The van der Waals surface area contributed by atoms with E-state index in [0.717, 1.165) is 7.11 Å². The molecular weight excluding hydrogens is 262 g/mol. The number of pyridine rings is 1. The summed E-state index contributed by atoms with van der Waals surface area (Å²) in [5.74, 6) is -2.26. The van der Waals surface area contributed by atoms with Gasteiger partial charge in [0, 0.05) is 0 Å². The van der Waals surface area contributed by atoms with Crippen LogP contribution >= 0.6 is 11.6 Å². The van der Waals surface area contributed by atoms with Crippen LogP contribution in [0.1, 0.15) is 16.8 Å². The van der Waals surface area contributed by atoms with Crippen LogP contribution in [0.2, 0.25) is 5.15 Å². The Morgan fingerprint density at radius 3 is 2.67 bits per heavy atom. The number of esters is 1. The molecule has 3 N–H and O–H groups in total. The maximum absolute atomic E-state index is 11.4. The third-order valence-corrected chi connectivity index (χ3v) is 2.13. The molecule has 18 heavy (non-hydrogen) atoms. The standard InChI is InChI=1S/C10H10ClN3O4/c1-18-8(16)4-7(15)14-10-5(9(12)17)2-3-6(11)13-10/h2-3H,4H2,1H3,(H2,12,17)(H,13,14,15). The van der Waals surface area contributed by atoms with Gasteiger partial charge in [-0.05, 0) is 12.1 Å². The van der Waals surface area contributed by atoms with Crippen molar-refractivity contribution in [1.29, 1.82) is 0 Å². The highest BCUT2D eigenvalue weighted by atomic mass is 35.5. The molecule has 7 nitrogen and oxygen atoms in total. The molecule has 1 aromatic rings. The predicted molar refractivity (Wildman–Crippen MR) is 63.0 cm³/mol. The minimum absolute atomic E-state index is 0.00221. The van der Waals surface area contributed by atoms with E-state index in [1.54, 1.807) is 0 Å². The van der Waals surface area contributed by atoms with Crippen LogP contribution in [0.5, 0.6) is 0 Å². The van der Waals surface area contributed by atoms with Crippen molar-refractivity contribution in [3.05, 3.63) is 22.8 Å². The van der Waals surface area contributed by atoms with Crippen LogP contribution in [-0.2, 0) is 14.3 Å². The van der Waals surface area contributed by atoms with Crippen molar-refractivity contribution in [2.24, 2.45) is 5.73 Å². The maximum Gasteiger partial charge on any atom is 0.315 e. The van der Waals surface area contributed by atoms with Crippen molar-refractivity contribution < 1.29 is 19.1 Å². The van der Waals surface area contributed by atoms with Gasteiger partial charge in [-0.15, -0.1) is 0 Å². The number of carbonyl (C=O) groups is 3. The molecule has 0 fully saturated rings. The number of ether oxygens (including phenoxy) is 1. The quantitative estimate of drug-likeness (QED) is 0.466. The van der Waals surface area contributed by atoms with Gasteiger partial charge in [0.05, 0.1) is 12.7 Å². The first-order valence-electron chi connectivity index (χ1n) is 4.77. The van der Waals surface area contributed by atoms with Gasteiger partial charge in [-0.25, -0.2) is 4.98 Å². The second kappa shape index (κ2) is 5.97. The Morgan fingerprint density at radius 1 is 1.44 bits per heavy atom. The molecule has 0 bridgehead atoms. The summed E-state index contributed by atoms with van der Waals surface area (Å²) in [5, 5.41) is 2.34. The summed E-state index contributed by atoms with van der Waals surface area (Å²) in [5.41, 5.74) is 5.10. The van der Waals surface area contributed by atoms with E-state index >= 15 is 0 Å². The van der Waals surface area contributed by atoms with E-state index in [0.29, 0.717) is 0 Å². The van der Waals surface area contributed by atoms with Crippen LogP contribution in [0, 0.1) is 0 Å². The van der Waals surface area contributed by atoms with Gasteiger partial charge in [0.25, 0.3) is 5.91 Å². The monoisotopic (exact) mass is 271 g/mol. The van der Waals surface area contributed by atoms with Crippen molar-refractivity contribution >= 4 is 35.2 Å². The SMILES string of the molecule is COC(=O)CC(=O)Nc1nc(Cl)ccc1C(N)=O. The van der Waals surface area contributed by atoms with Crippen LogP contribution < -0.4 is 11.1 Å².